The topological polar surface area (TPSA) is 52.9 Å². The standard InChI is InChI=1S/C19H20N2O2/c1-19(2)16(14-9-5-3-6-10-14)13-17(21(19)23)18(20-22)15-11-7-4-8-12-15/h3-12,16,23H,13H2,1-2H3/b18-17+. The summed E-state index contributed by atoms with van der Waals surface area (Å²) >= 11 is 0. The molecule has 1 heterocycles. The zero-order chi connectivity index (χ0) is 16.4. The second kappa shape index (κ2) is 5.97. The first-order valence-corrected chi connectivity index (χ1v) is 7.71. The molecule has 0 aliphatic carbocycles. The van der Waals surface area contributed by atoms with Crippen molar-refractivity contribution in [2.45, 2.75) is 31.7 Å². The summed E-state index contributed by atoms with van der Waals surface area (Å²) in [6.07, 6.45) is 0.573. The van der Waals surface area contributed by atoms with Crippen LogP contribution in [0.3, 0.4) is 0 Å². The van der Waals surface area contributed by atoms with Gasteiger partial charge in [-0.15, -0.1) is 4.91 Å². The van der Waals surface area contributed by atoms with Crippen molar-refractivity contribution in [2.75, 3.05) is 0 Å². The highest BCUT2D eigenvalue weighted by molar-refractivity contribution is 5.68. The second-order valence-corrected chi connectivity index (χ2v) is 6.39. The number of hydroxylamine groups is 2. The van der Waals surface area contributed by atoms with E-state index in [-0.39, 0.29) is 5.92 Å². The predicted octanol–water partition coefficient (Wildman–Crippen LogP) is 4.78. The van der Waals surface area contributed by atoms with E-state index in [0.717, 1.165) is 11.1 Å². The smallest absolute Gasteiger partial charge is 0.136 e. The summed E-state index contributed by atoms with van der Waals surface area (Å²) in [5, 5.41) is 15.1. The molecule has 2 aromatic rings. The zero-order valence-corrected chi connectivity index (χ0v) is 13.3. The van der Waals surface area contributed by atoms with Crippen LogP contribution in [0.25, 0.3) is 5.70 Å². The highest BCUT2D eigenvalue weighted by Gasteiger charge is 2.45. The summed E-state index contributed by atoms with van der Waals surface area (Å²) < 4.78 is 0. The van der Waals surface area contributed by atoms with Gasteiger partial charge in [-0.25, -0.2) is 0 Å². The molecule has 1 fully saturated rings. The molecule has 1 aliphatic heterocycles. The van der Waals surface area contributed by atoms with Crippen LogP contribution in [0.1, 0.15) is 37.3 Å². The number of nitroso groups, excluding NO2 is 1. The van der Waals surface area contributed by atoms with Gasteiger partial charge in [0.1, 0.15) is 5.70 Å². The van der Waals surface area contributed by atoms with E-state index in [4.69, 9.17) is 0 Å². The molecule has 1 unspecified atom stereocenters. The molecule has 1 saturated heterocycles. The highest BCUT2D eigenvalue weighted by Crippen LogP contribution is 2.48. The lowest BCUT2D eigenvalue weighted by molar-refractivity contribution is -0.114. The molecule has 0 radical (unpaired) electrons. The van der Waals surface area contributed by atoms with Crippen LogP contribution in [-0.2, 0) is 0 Å². The SMILES string of the molecule is CC1(C)C(c2ccccc2)C/C(=C(\N=O)c2ccccc2)N1O. The molecular formula is C19H20N2O2. The van der Waals surface area contributed by atoms with Crippen molar-refractivity contribution in [3.8, 4) is 0 Å². The maximum absolute atomic E-state index is 11.4. The van der Waals surface area contributed by atoms with Crippen molar-refractivity contribution in [1.29, 1.82) is 0 Å². The molecule has 1 aliphatic rings. The molecule has 0 aromatic heterocycles. The number of nitrogens with zero attached hydrogens (tertiary/aromatic N) is 2. The summed E-state index contributed by atoms with van der Waals surface area (Å²) in [7, 11) is 0. The van der Waals surface area contributed by atoms with E-state index < -0.39 is 5.54 Å². The van der Waals surface area contributed by atoms with E-state index >= 15 is 0 Å². The third-order valence-corrected chi connectivity index (χ3v) is 4.67. The lowest BCUT2D eigenvalue weighted by atomic mass is 9.83. The predicted molar refractivity (Wildman–Crippen MR) is 90.7 cm³/mol. The Balaban J connectivity index is 2.08. The van der Waals surface area contributed by atoms with Gasteiger partial charge in [-0.1, -0.05) is 60.7 Å². The van der Waals surface area contributed by atoms with Gasteiger partial charge in [0.2, 0.25) is 0 Å². The zero-order valence-electron chi connectivity index (χ0n) is 13.3. The lowest BCUT2D eigenvalue weighted by Gasteiger charge is -2.33. The first-order chi connectivity index (χ1) is 11.1. The van der Waals surface area contributed by atoms with Gasteiger partial charge in [-0.3, -0.25) is 10.3 Å². The second-order valence-electron chi connectivity index (χ2n) is 6.39. The Labute approximate surface area is 136 Å². The monoisotopic (exact) mass is 308 g/mol. The molecular weight excluding hydrogens is 288 g/mol. The van der Waals surface area contributed by atoms with Crippen LogP contribution < -0.4 is 0 Å². The number of allylic oxidation sites excluding steroid dienone is 1. The quantitative estimate of drug-likeness (QED) is 0.830. The number of hydrogen-bond donors (Lipinski definition) is 1. The first-order valence-electron chi connectivity index (χ1n) is 7.71. The lowest BCUT2D eigenvalue weighted by Crippen LogP contribution is -2.38. The van der Waals surface area contributed by atoms with Gasteiger partial charge < -0.3 is 0 Å². The van der Waals surface area contributed by atoms with Crippen LogP contribution in [0.5, 0.6) is 0 Å². The minimum Gasteiger partial charge on any atom is -0.288 e. The van der Waals surface area contributed by atoms with Crippen molar-refractivity contribution in [3.05, 3.63) is 82.4 Å². The fourth-order valence-electron chi connectivity index (χ4n) is 3.30. The molecule has 23 heavy (non-hydrogen) atoms. The molecule has 3 rings (SSSR count). The van der Waals surface area contributed by atoms with Crippen LogP contribution in [0.2, 0.25) is 0 Å². The molecule has 0 amide bonds. The van der Waals surface area contributed by atoms with Crippen LogP contribution >= 0.6 is 0 Å². The van der Waals surface area contributed by atoms with E-state index in [1.807, 2.05) is 62.4 Å². The number of rotatable bonds is 3. The Morgan fingerprint density at radius 3 is 2.22 bits per heavy atom. The van der Waals surface area contributed by atoms with Crippen LogP contribution in [0.15, 0.2) is 71.5 Å². The third kappa shape index (κ3) is 2.66. The summed E-state index contributed by atoms with van der Waals surface area (Å²) in [6, 6.07) is 19.3. The molecule has 2 aromatic carbocycles. The Kier molecular flexibility index (Phi) is 4.01. The molecule has 4 heteroatoms. The summed E-state index contributed by atoms with van der Waals surface area (Å²) in [5.41, 5.74) is 2.23. The van der Waals surface area contributed by atoms with Crippen molar-refractivity contribution < 1.29 is 5.21 Å². The molecule has 1 N–H and O–H groups in total. The van der Waals surface area contributed by atoms with Gasteiger partial charge in [0.05, 0.1) is 11.2 Å². The van der Waals surface area contributed by atoms with E-state index in [1.165, 1.54) is 5.06 Å². The van der Waals surface area contributed by atoms with Crippen LogP contribution in [0.4, 0.5) is 0 Å². The largest absolute Gasteiger partial charge is 0.288 e. The van der Waals surface area contributed by atoms with Crippen molar-refractivity contribution in [1.82, 2.24) is 5.06 Å². The van der Waals surface area contributed by atoms with Crippen molar-refractivity contribution in [3.63, 3.8) is 0 Å². The van der Waals surface area contributed by atoms with Crippen molar-refractivity contribution >= 4 is 5.70 Å². The van der Waals surface area contributed by atoms with E-state index in [2.05, 4.69) is 17.3 Å². The minimum absolute atomic E-state index is 0.0872. The summed E-state index contributed by atoms with van der Waals surface area (Å²) in [4.78, 5) is 11.4. The maximum atomic E-state index is 11.4. The van der Waals surface area contributed by atoms with Gasteiger partial charge in [-0.05, 0) is 24.6 Å². The van der Waals surface area contributed by atoms with Gasteiger partial charge in [0.15, 0.2) is 0 Å². The number of benzene rings is 2. The van der Waals surface area contributed by atoms with Crippen LogP contribution in [0, 0.1) is 4.91 Å². The van der Waals surface area contributed by atoms with E-state index in [0.29, 0.717) is 17.8 Å². The molecule has 4 nitrogen and oxygen atoms in total. The molecule has 1 atom stereocenters. The molecule has 0 saturated carbocycles. The Morgan fingerprint density at radius 2 is 1.65 bits per heavy atom. The number of hydrogen-bond acceptors (Lipinski definition) is 4. The highest BCUT2D eigenvalue weighted by atomic mass is 16.5. The summed E-state index contributed by atoms with van der Waals surface area (Å²) in [5.74, 6) is 0.0872. The first kappa shape index (κ1) is 15.4. The van der Waals surface area contributed by atoms with Crippen LogP contribution in [-0.4, -0.2) is 15.8 Å². The van der Waals surface area contributed by atoms with Gasteiger partial charge in [-0.2, -0.15) is 0 Å². The Hall–Kier alpha value is -2.46. The molecule has 118 valence electrons. The Bertz CT molecular complexity index is 724. The third-order valence-electron chi connectivity index (χ3n) is 4.67. The molecule has 0 spiro atoms. The Morgan fingerprint density at radius 1 is 1.09 bits per heavy atom. The fourth-order valence-corrected chi connectivity index (χ4v) is 3.30. The molecule has 0 bridgehead atoms. The average Bonchev–Trinajstić information content (AvgIpc) is 2.81. The van der Waals surface area contributed by atoms with E-state index in [1.54, 1.807) is 0 Å². The summed E-state index contributed by atoms with van der Waals surface area (Å²) in [6.45, 7) is 3.95. The maximum Gasteiger partial charge on any atom is 0.136 e. The van der Waals surface area contributed by atoms with E-state index in [9.17, 15) is 10.1 Å². The van der Waals surface area contributed by atoms with Crippen molar-refractivity contribution in [2.24, 2.45) is 5.18 Å². The fraction of sp³-hybridized carbons (Fsp3) is 0.263. The average molecular weight is 308 g/mol. The normalized spacial score (nSPS) is 22.0. The van der Waals surface area contributed by atoms with Gasteiger partial charge in [0.25, 0.3) is 0 Å². The minimum atomic E-state index is -0.512. The van der Waals surface area contributed by atoms with Gasteiger partial charge in [0, 0.05) is 17.9 Å². The van der Waals surface area contributed by atoms with Gasteiger partial charge >= 0.3 is 0 Å².